The highest BCUT2D eigenvalue weighted by molar-refractivity contribution is 6.01. The minimum absolute atomic E-state index is 0.177. The Morgan fingerprint density at radius 2 is 1.45 bits per heavy atom. The van der Waals surface area contributed by atoms with Gasteiger partial charge in [0, 0.05) is 17.0 Å². The number of carbonyl (C=O) groups is 2. The average Bonchev–Trinajstić information content (AvgIpc) is 3.20. The summed E-state index contributed by atoms with van der Waals surface area (Å²) < 4.78 is 11.0. The van der Waals surface area contributed by atoms with Crippen LogP contribution in [-0.4, -0.2) is 41.3 Å². The van der Waals surface area contributed by atoms with Crippen LogP contribution in [-0.2, 0) is 23.9 Å². The molecular weight excluding hydrogens is 418 g/mol. The molecule has 1 heterocycles. The molecule has 0 unspecified atom stereocenters. The molecule has 6 heteroatoms. The topological polar surface area (TPSA) is 65.1 Å². The summed E-state index contributed by atoms with van der Waals surface area (Å²) >= 11 is 0. The van der Waals surface area contributed by atoms with Crippen molar-refractivity contribution < 1.29 is 23.9 Å². The van der Waals surface area contributed by atoms with Crippen LogP contribution in [0.2, 0.25) is 0 Å². The van der Waals surface area contributed by atoms with E-state index in [0.29, 0.717) is 12.8 Å². The minimum atomic E-state index is -1.36. The summed E-state index contributed by atoms with van der Waals surface area (Å²) in [7, 11) is 0. The highest BCUT2D eigenvalue weighted by atomic mass is 16.7. The molecule has 1 aromatic rings. The molecule has 2 aliphatic rings. The van der Waals surface area contributed by atoms with E-state index < -0.39 is 23.5 Å². The molecule has 33 heavy (non-hydrogen) atoms. The molecule has 1 saturated carbocycles. The van der Waals surface area contributed by atoms with Gasteiger partial charge in [0.15, 0.2) is 5.41 Å². The predicted molar refractivity (Wildman–Crippen MR) is 127 cm³/mol. The average molecular weight is 460 g/mol. The molecule has 0 bridgehead atoms. The number of hydrogen-bond acceptors (Lipinski definition) is 6. The largest absolute Gasteiger partial charge is 0.465 e. The van der Waals surface area contributed by atoms with Crippen LogP contribution in [0.15, 0.2) is 30.3 Å². The van der Waals surface area contributed by atoms with Gasteiger partial charge >= 0.3 is 11.9 Å². The first kappa shape index (κ1) is 25.7. The lowest BCUT2D eigenvalue weighted by Gasteiger charge is -2.53. The van der Waals surface area contributed by atoms with Crippen molar-refractivity contribution >= 4 is 11.9 Å². The summed E-state index contributed by atoms with van der Waals surface area (Å²) in [6, 6.07) is 9.96. The fourth-order valence-electron chi connectivity index (χ4n) is 5.94. The number of carbonyl (C=O) groups excluding carboxylic acids is 2. The predicted octanol–water partition coefficient (Wildman–Crippen LogP) is 5.62. The zero-order valence-corrected chi connectivity index (χ0v) is 21.2. The van der Waals surface area contributed by atoms with Crippen LogP contribution < -0.4 is 0 Å². The van der Waals surface area contributed by atoms with Gasteiger partial charge in [0.1, 0.15) is 6.10 Å². The summed E-state index contributed by atoms with van der Waals surface area (Å²) in [6.07, 6.45) is 4.53. The van der Waals surface area contributed by atoms with Crippen LogP contribution in [0.25, 0.3) is 0 Å². The van der Waals surface area contributed by atoms with Gasteiger partial charge in [0.2, 0.25) is 0 Å². The van der Waals surface area contributed by atoms with Gasteiger partial charge < -0.3 is 9.47 Å². The molecule has 0 aromatic heterocycles. The van der Waals surface area contributed by atoms with E-state index in [-0.39, 0.29) is 30.2 Å². The number of piperidine rings is 1. The quantitative estimate of drug-likeness (QED) is 0.372. The lowest BCUT2D eigenvalue weighted by Crippen LogP contribution is -2.59. The third kappa shape index (κ3) is 4.97. The molecular formula is C27H41NO5. The number of esters is 2. The first-order valence-corrected chi connectivity index (χ1v) is 12.5. The Hall–Kier alpha value is -1.92. The van der Waals surface area contributed by atoms with Crippen LogP contribution >= 0.6 is 0 Å². The zero-order valence-electron chi connectivity index (χ0n) is 21.2. The summed E-state index contributed by atoms with van der Waals surface area (Å²) in [5.41, 5.74) is -0.760. The van der Waals surface area contributed by atoms with Gasteiger partial charge in [0.05, 0.1) is 13.2 Å². The maximum Gasteiger partial charge on any atom is 0.323 e. The molecule has 0 N–H and O–H groups in total. The van der Waals surface area contributed by atoms with Crippen molar-refractivity contribution in [1.82, 2.24) is 5.06 Å². The highest BCUT2D eigenvalue weighted by Crippen LogP contribution is 2.54. The van der Waals surface area contributed by atoms with Gasteiger partial charge in [-0.3, -0.25) is 14.4 Å². The van der Waals surface area contributed by atoms with Crippen molar-refractivity contribution in [3.63, 3.8) is 0 Å². The van der Waals surface area contributed by atoms with Crippen LogP contribution in [0.1, 0.15) is 91.7 Å². The summed E-state index contributed by atoms with van der Waals surface area (Å²) in [6.45, 7) is 12.8. The third-order valence-electron chi connectivity index (χ3n) is 7.39. The van der Waals surface area contributed by atoms with E-state index in [0.717, 1.165) is 31.2 Å². The molecule has 184 valence electrons. The Labute approximate surface area is 198 Å². The number of benzene rings is 1. The smallest absolute Gasteiger partial charge is 0.323 e. The molecule has 1 aliphatic carbocycles. The zero-order chi connectivity index (χ0) is 24.3. The maximum absolute atomic E-state index is 13.4. The van der Waals surface area contributed by atoms with Crippen molar-refractivity contribution in [3.8, 4) is 0 Å². The molecule has 1 aliphatic heterocycles. The fourth-order valence-corrected chi connectivity index (χ4v) is 5.94. The lowest BCUT2D eigenvalue weighted by molar-refractivity contribution is -0.319. The molecule has 1 aromatic carbocycles. The van der Waals surface area contributed by atoms with E-state index in [1.54, 1.807) is 13.8 Å². The van der Waals surface area contributed by atoms with E-state index in [4.69, 9.17) is 14.3 Å². The second-order valence-electron chi connectivity index (χ2n) is 10.6. The van der Waals surface area contributed by atoms with Crippen LogP contribution in [0.5, 0.6) is 0 Å². The van der Waals surface area contributed by atoms with Gasteiger partial charge in [-0.1, -0.05) is 36.8 Å². The first-order valence-electron chi connectivity index (χ1n) is 12.5. The Morgan fingerprint density at radius 1 is 0.909 bits per heavy atom. The molecule has 6 nitrogen and oxygen atoms in total. The third-order valence-corrected chi connectivity index (χ3v) is 7.39. The highest BCUT2D eigenvalue weighted by Gasteiger charge is 2.61. The molecule has 0 amide bonds. The molecule has 0 radical (unpaired) electrons. The Morgan fingerprint density at radius 3 is 1.97 bits per heavy atom. The first-order chi connectivity index (χ1) is 15.6. The normalized spacial score (nSPS) is 24.7. The Kier molecular flexibility index (Phi) is 7.90. The van der Waals surface area contributed by atoms with Gasteiger partial charge in [-0.15, -0.1) is 0 Å². The summed E-state index contributed by atoms with van der Waals surface area (Å²) in [4.78, 5) is 33.7. The van der Waals surface area contributed by atoms with Crippen molar-refractivity contribution in [1.29, 1.82) is 0 Å². The van der Waals surface area contributed by atoms with E-state index in [1.807, 2.05) is 30.3 Å². The second kappa shape index (κ2) is 10.1. The maximum atomic E-state index is 13.4. The summed E-state index contributed by atoms with van der Waals surface area (Å²) in [5.74, 6) is -1.37. The van der Waals surface area contributed by atoms with Crippen molar-refractivity contribution in [2.75, 3.05) is 13.2 Å². The Bertz CT molecular complexity index is 785. The minimum Gasteiger partial charge on any atom is -0.465 e. The van der Waals surface area contributed by atoms with Gasteiger partial charge in [0.25, 0.3) is 0 Å². The van der Waals surface area contributed by atoms with Gasteiger partial charge in [-0.05, 0) is 79.2 Å². The van der Waals surface area contributed by atoms with E-state index in [2.05, 4.69) is 32.8 Å². The second-order valence-corrected chi connectivity index (χ2v) is 10.6. The molecule has 3 rings (SSSR count). The standard InChI is InChI=1S/C27H41NO5/c1-7-31-23(29)27(24(30)32-8-2)19-12-16-21(27)22(20-14-10-9-11-15-20)33-28-25(3,4)17-13-18-26(28,5)6/h9-11,14-15,21-22H,7-8,12-13,16-19H2,1-6H3/t21-,22+/m1/s1. The molecule has 1 saturated heterocycles. The van der Waals surface area contributed by atoms with E-state index in [9.17, 15) is 9.59 Å². The molecule has 2 atom stereocenters. The lowest BCUT2D eigenvalue weighted by atomic mass is 9.73. The van der Waals surface area contributed by atoms with E-state index in [1.165, 1.54) is 0 Å². The van der Waals surface area contributed by atoms with Gasteiger partial charge in [-0.2, -0.15) is 5.06 Å². The Balaban J connectivity index is 2.09. The SMILES string of the molecule is CCOC(=O)C1(C(=O)OCC)CCC[C@@H]1[C@@H](ON1C(C)(C)CCCC1(C)C)c1ccccc1. The number of hydroxylamine groups is 2. The number of rotatable bonds is 8. The molecule has 2 fully saturated rings. The van der Waals surface area contributed by atoms with Crippen molar-refractivity contribution in [3.05, 3.63) is 35.9 Å². The van der Waals surface area contributed by atoms with Gasteiger partial charge in [-0.25, -0.2) is 0 Å². The van der Waals surface area contributed by atoms with Crippen molar-refractivity contribution in [2.24, 2.45) is 11.3 Å². The number of nitrogens with zero attached hydrogens (tertiary/aromatic N) is 1. The van der Waals surface area contributed by atoms with Crippen LogP contribution in [0, 0.1) is 11.3 Å². The molecule has 0 spiro atoms. The van der Waals surface area contributed by atoms with Crippen LogP contribution in [0.4, 0.5) is 0 Å². The number of hydrogen-bond donors (Lipinski definition) is 0. The fraction of sp³-hybridized carbons (Fsp3) is 0.704. The van der Waals surface area contributed by atoms with Crippen molar-refractivity contribution in [2.45, 2.75) is 97.2 Å². The van der Waals surface area contributed by atoms with E-state index >= 15 is 0 Å². The monoisotopic (exact) mass is 459 g/mol. The van der Waals surface area contributed by atoms with Crippen LogP contribution in [0.3, 0.4) is 0 Å². The summed E-state index contributed by atoms with van der Waals surface area (Å²) in [5, 5.41) is 2.13. The number of ether oxygens (including phenoxy) is 2.